The van der Waals surface area contributed by atoms with Crippen LogP contribution in [0.25, 0.3) is 0 Å². The van der Waals surface area contributed by atoms with E-state index in [4.69, 9.17) is 11.6 Å². The Labute approximate surface area is 88.5 Å². The van der Waals surface area contributed by atoms with Crippen LogP contribution in [0.15, 0.2) is 0 Å². The molecule has 3 rings (SSSR count). The maximum atomic E-state index is 6.07. The van der Waals surface area contributed by atoms with E-state index in [1.54, 1.807) is 0 Å². The molecule has 2 saturated carbocycles. The lowest BCUT2D eigenvalue weighted by molar-refractivity contribution is 0.527. The van der Waals surface area contributed by atoms with Gasteiger partial charge in [-0.2, -0.15) is 0 Å². The number of halogens is 1. The van der Waals surface area contributed by atoms with E-state index in [0.717, 1.165) is 5.82 Å². The number of nitrogens with zero attached hydrogens (tertiary/aromatic N) is 3. The number of aromatic nitrogens is 3. The van der Waals surface area contributed by atoms with Gasteiger partial charge in [-0.3, -0.25) is 4.57 Å². The highest BCUT2D eigenvalue weighted by Crippen LogP contribution is 2.57. The summed E-state index contributed by atoms with van der Waals surface area (Å²) in [6.45, 7) is 4.54. The zero-order valence-corrected chi connectivity index (χ0v) is 9.25. The van der Waals surface area contributed by atoms with Crippen molar-refractivity contribution in [1.29, 1.82) is 0 Å². The second-order valence-corrected chi connectivity index (χ2v) is 5.52. The summed E-state index contributed by atoms with van der Waals surface area (Å²) in [6, 6.07) is 0.528. The largest absolute Gasteiger partial charge is 0.298 e. The van der Waals surface area contributed by atoms with Gasteiger partial charge < -0.3 is 0 Å². The lowest BCUT2D eigenvalue weighted by atomic mass is 10.2. The van der Waals surface area contributed by atoms with Crippen molar-refractivity contribution in [3.8, 4) is 0 Å². The molecule has 0 saturated heterocycles. The van der Waals surface area contributed by atoms with Crippen molar-refractivity contribution < 1.29 is 0 Å². The molecule has 0 spiro atoms. The molecule has 2 aliphatic carbocycles. The van der Waals surface area contributed by atoms with Gasteiger partial charge in [-0.1, -0.05) is 13.8 Å². The second-order valence-electron chi connectivity index (χ2n) is 5.18. The Hall–Kier alpha value is -0.570. The molecular formula is C10H14ClN3. The van der Waals surface area contributed by atoms with Crippen LogP contribution in [0.1, 0.15) is 50.9 Å². The molecule has 1 unspecified atom stereocenters. The number of hydrogen-bond acceptors (Lipinski definition) is 2. The predicted molar refractivity (Wildman–Crippen MR) is 54.4 cm³/mol. The molecule has 3 nitrogen and oxygen atoms in total. The van der Waals surface area contributed by atoms with Crippen LogP contribution in [0.3, 0.4) is 0 Å². The van der Waals surface area contributed by atoms with Crippen LogP contribution in [0.5, 0.6) is 0 Å². The molecular weight excluding hydrogens is 198 g/mol. The molecule has 0 N–H and O–H groups in total. The van der Waals surface area contributed by atoms with Crippen LogP contribution in [-0.2, 0) is 0 Å². The van der Waals surface area contributed by atoms with Gasteiger partial charge in [0.15, 0.2) is 0 Å². The first-order valence-electron chi connectivity index (χ1n) is 5.20. The van der Waals surface area contributed by atoms with Gasteiger partial charge in [0.2, 0.25) is 5.28 Å². The smallest absolute Gasteiger partial charge is 0.225 e. The van der Waals surface area contributed by atoms with Crippen molar-refractivity contribution in [2.75, 3.05) is 0 Å². The van der Waals surface area contributed by atoms with Crippen molar-refractivity contribution in [2.24, 2.45) is 5.41 Å². The van der Waals surface area contributed by atoms with E-state index >= 15 is 0 Å². The number of rotatable bonds is 2. The van der Waals surface area contributed by atoms with Gasteiger partial charge in [0.25, 0.3) is 0 Å². The van der Waals surface area contributed by atoms with Crippen LogP contribution in [0, 0.1) is 5.41 Å². The molecule has 4 heteroatoms. The Morgan fingerprint density at radius 1 is 1.36 bits per heavy atom. The maximum Gasteiger partial charge on any atom is 0.225 e. The van der Waals surface area contributed by atoms with Crippen molar-refractivity contribution in [2.45, 2.75) is 45.1 Å². The van der Waals surface area contributed by atoms with Gasteiger partial charge in [-0.15, -0.1) is 10.2 Å². The lowest BCUT2D eigenvalue weighted by Gasteiger charge is -2.08. The first-order valence-corrected chi connectivity index (χ1v) is 5.58. The van der Waals surface area contributed by atoms with Crippen molar-refractivity contribution in [3.63, 3.8) is 0 Å². The summed E-state index contributed by atoms with van der Waals surface area (Å²) in [5.41, 5.74) is 0.385. The molecule has 1 heterocycles. The summed E-state index contributed by atoms with van der Waals surface area (Å²) < 4.78 is 2.15. The fourth-order valence-corrected chi connectivity index (χ4v) is 2.31. The zero-order chi connectivity index (χ0) is 9.92. The van der Waals surface area contributed by atoms with E-state index < -0.39 is 0 Å². The van der Waals surface area contributed by atoms with Gasteiger partial charge in [0.1, 0.15) is 5.82 Å². The molecule has 2 fully saturated rings. The van der Waals surface area contributed by atoms with E-state index in [1.807, 2.05) is 0 Å². The summed E-state index contributed by atoms with van der Waals surface area (Å²) in [5, 5.41) is 8.74. The minimum absolute atomic E-state index is 0.385. The number of hydrogen-bond donors (Lipinski definition) is 0. The topological polar surface area (TPSA) is 30.7 Å². The van der Waals surface area contributed by atoms with E-state index in [0.29, 0.717) is 22.7 Å². The summed E-state index contributed by atoms with van der Waals surface area (Å²) in [4.78, 5) is 0. The zero-order valence-electron chi connectivity index (χ0n) is 8.50. The van der Waals surface area contributed by atoms with Crippen molar-refractivity contribution in [3.05, 3.63) is 11.1 Å². The minimum Gasteiger partial charge on any atom is -0.298 e. The molecule has 1 aromatic rings. The van der Waals surface area contributed by atoms with E-state index in [-0.39, 0.29) is 0 Å². The second kappa shape index (κ2) is 2.51. The summed E-state index contributed by atoms with van der Waals surface area (Å²) >= 11 is 6.07. The highest BCUT2D eigenvalue weighted by Gasteiger charge is 2.50. The third-order valence-corrected chi connectivity index (χ3v) is 3.65. The SMILES string of the molecule is CC1(C)CC1n1c(Cl)nnc1C1CC1. The van der Waals surface area contributed by atoms with Crippen LogP contribution in [0.4, 0.5) is 0 Å². The molecule has 0 radical (unpaired) electrons. The average molecular weight is 212 g/mol. The molecule has 0 amide bonds. The Kier molecular flexibility index (Phi) is 1.56. The van der Waals surface area contributed by atoms with Crippen LogP contribution in [0.2, 0.25) is 5.28 Å². The summed E-state index contributed by atoms with van der Waals surface area (Å²) in [6.07, 6.45) is 3.70. The van der Waals surface area contributed by atoms with Crippen LogP contribution in [-0.4, -0.2) is 14.8 Å². The molecule has 0 bridgehead atoms. The van der Waals surface area contributed by atoms with Gasteiger partial charge in [-0.25, -0.2) is 0 Å². The fraction of sp³-hybridized carbons (Fsp3) is 0.800. The van der Waals surface area contributed by atoms with Gasteiger partial charge >= 0.3 is 0 Å². The molecule has 14 heavy (non-hydrogen) atoms. The van der Waals surface area contributed by atoms with Crippen molar-refractivity contribution >= 4 is 11.6 Å². The molecule has 1 atom stereocenters. The average Bonchev–Trinajstić information content (AvgIpc) is 2.98. The Bertz CT molecular complexity index is 379. The highest BCUT2D eigenvalue weighted by atomic mass is 35.5. The summed E-state index contributed by atoms with van der Waals surface area (Å²) in [5.74, 6) is 1.75. The van der Waals surface area contributed by atoms with Crippen LogP contribution < -0.4 is 0 Å². The predicted octanol–water partition coefficient (Wildman–Crippen LogP) is 2.78. The molecule has 1 aromatic heterocycles. The summed E-state index contributed by atoms with van der Waals surface area (Å²) in [7, 11) is 0. The lowest BCUT2D eigenvalue weighted by Crippen LogP contribution is -2.04. The third-order valence-electron chi connectivity index (χ3n) is 3.40. The Balaban J connectivity index is 1.99. The van der Waals surface area contributed by atoms with E-state index in [9.17, 15) is 0 Å². The minimum atomic E-state index is 0.385. The molecule has 76 valence electrons. The first-order chi connectivity index (χ1) is 6.59. The van der Waals surface area contributed by atoms with E-state index in [2.05, 4.69) is 28.6 Å². The Morgan fingerprint density at radius 3 is 2.50 bits per heavy atom. The third kappa shape index (κ3) is 1.18. The quantitative estimate of drug-likeness (QED) is 0.753. The van der Waals surface area contributed by atoms with Gasteiger partial charge in [0, 0.05) is 12.0 Å². The molecule has 0 aromatic carbocycles. The van der Waals surface area contributed by atoms with E-state index in [1.165, 1.54) is 19.3 Å². The molecule has 2 aliphatic rings. The standard InChI is InChI=1S/C10H14ClN3/c1-10(2)5-7(10)14-8(6-3-4-6)12-13-9(14)11/h6-7H,3-5H2,1-2H3. The maximum absolute atomic E-state index is 6.07. The fourth-order valence-electron chi connectivity index (χ4n) is 2.07. The van der Waals surface area contributed by atoms with Gasteiger partial charge in [-0.05, 0) is 36.3 Å². The first kappa shape index (κ1) is 8.72. The normalized spacial score (nSPS) is 29.2. The monoisotopic (exact) mass is 211 g/mol. The Morgan fingerprint density at radius 2 is 2.00 bits per heavy atom. The van der Waals surface area contributed by atoms with Crippen LogP contribution >= 0.6 is 11.6 Å². The van der Waals surface area contributed by atoms with Gasteiger partial charge in [0.05, 0.1) is 0 Å². The molecule has 0 aliphatic heterocycles. The van der Waals surface area contributed by atoms with Crippen molar-refractivity contribution in [1.82, 2.24) is 14.8 Å². The highest BCUT2D eigenvalue weighted by molar-refractivity contribution is 6.28.